The largest absolute Gasteiger partial charge is 0.492 e. The number of para-hydroxylation sites is 1. The van der Waals surface area contributed by atoms with Gasteiger partial charge in [0, 0.05) is 25.2 Å². The Labute approximate surface area is 198 Å². The molecular formula is C24H29N3O4S2. The fourth-order valence-electron chi connectivity index (χ4n) is 4.30. The summed E-state index contributed by atoms with van der Waals surface area (Å²) in [6.07, 6.45) is 3.62. The second-order valence-electron chi connectivity index (χ2n) is 8.09. The van der Waals surface area contributed by atoms with Crippen molar-refractivity contribution >= 4 is 37.5 Å². The van der Waals surface area contributed by atoms with Crippen molar-refractivity contribution in [1.29, 1.82) is 0 Å². The van der Waals surface area contributed by atoms with Crippen LogP contribution in [-0.2, 0) is 17.1 Å². The number of ether oxygens (including phenoxy) is 1. The van der Waals surface area contributed by atoms with Gasteiger partial charge in [0.15, 0.2) is 4.80 Å². The molecule has 7 nitrogen and oxygen atoms in total. The van der Waals surface area contributed by atoms with Gasteiger partial charge in [-0.25, -0.2) is 8.42 Å². The van der Waals surface area contributed by atoms with E-state index in [2.05, 4.69) is 4.99 Å². The molecule has 2 aromatic carbocycles. The van der Waals surface area contributed by atoms with Crippen LogP contribution >= 0.6 is 11.3 Å². The topological polar surface area (TPSA) is 81.0 Å². The predicted octanol–water partition coefficient (Wildman–Crippen LogP) is 4.33. The minimum atomic E-state index is -3.58. The molecule has 0 spiro atoms. The highest BCUT2D eigenvalue weighted by atomic mass is 32.2. The number of sulfonamides is 1. The lowest BCUT2D eigenvalue weighted by Gasteiger charge is -2.34. The van der Waals surface area contributed by atoms with E-state index in [1.807, 2.05) is 43.7 Å². The molecule has 4 rings (SSSR count). The Morgan fingerprint density at radius 1 is 1.15 bits per heavy atom. The summed E-state index contributed by atoms with van der Waals surface area (Å²) in [5.74, 6) is 0.337. The summed E-state index contributed by atoms with van der Waals surface area (Å²) >= 11 is 1.41. The van der Waals surface area contributed by atoms with Crippen LogP contribution in [0.15, 0.2) is 52.4 Å². The number of thiazole rings is 1. The number of amides is 1. The fourth-order valence-corrected chi connectivity index (χ4v) is 7.10. The number of carbonyl (C=O) groups is 1. The van der Waals surface area contributed by atoms with Crippen molar-refractivity contribution in [3.63, 3.8) is 0 Å². The normalized spacial score (nSPS) is 18.0. The molecule has 0 aliphatic carbocycles. The molecule has 0 saturated carbocycles. The van der Waals surface area contributed by atoms with Crippen molar-refractivity contribution < 1.29 is 17.9 Å². The lowest BCUT2D eigenvalue weighted by molar-refractivity contribution is 0.0998. The Bertz CT molecular complexity index is 1320. The Kier molecular flexibility index (Phi) is 7.02. The molecule has 3 aromatic rings. The van der Waals surface area contributed by atoms with Crippen LogP contribution in [-0.4, -0.2) is 42.4 Å². The summed E-state index contributed by atoms with van der Waals surface area (Å²) in [5, 5.41) is 0. The number of aromatic nitrogens is 1. The van der Waals surface area contributed by atoms with Gasteiger partial charge >= 0.3 is 0 Å². The number of fused-ring (bicyclic) bond motifs is 1. The highest BCUT2D eigenvalue weighted by molar-refractivity contribution is 7.89. The molecule has 1 saturated heterocycles. The first-order chi connectivity index (χ1) is 15.9. The Hall–Kier alpha value is -2.49. The molecule has 1 aromatic heterocycles. The highest BCUT2D eigenvalue weighted by Crippen LogP contribution is 2.28. The smallest absolute Gasteiger partial charge is 0.279 e. The van der Waals surface area contributed by atoms with E-state index in [9.17, 15) is 13.2 Å². The number of nitrogens with zero attached hydrogens (tertiary/aromatic N) is 3. The molecule has 33 heavy (non-hydrogen) atoms. The van der Waals surface area contributed by atoms with Crippen molar-refractivity contribution in [3.8, 4) is 5.75 Å². The van der Waals surface area contributed by atoms with Gasteiger partial charge in [-0.1, -0.05) is 30.7 Å². The molecule has 1 unspecified atom stereocenters. The van der Waals surface area contributed by atoms with E-state index in [1.54, 1.807) is 16.4 Å². The minimum Gasteiger partial charge on any atom is -0.492 e. The Morgan fingerprint density at radius 3 is 2.61 bits per heavy atom. The molecule has 0 radical (unpaired) electrons. The van der Waals surface area contributed by atoms with E-state index in [-0.39, 0.29) is 10.9 Å². The Morgan fingerprint density at radius 2 is 1.91 bits per heavy atom. The number of rotatable bonds is 6. The standard InChI is InChI=1S/C24H29N3O4S2/c1-4-18-9-6-7-16-27(18)33(29,30)19-14-12-17(13-15-19)23(28)25-24-26(3)22-20(31-5-2)10-8-11-21(22)32-24/h8,10-15,18H,4-7,9,16H2,1-3H3. The van der Waals surface area contributed by atoms with Crippen LogP contribution in [0.5, 0.6) is 5.75 Å². The molecule has 0 bridgehead atoms. The zero-order valence-electron chi connectivity index (χ0n) is 19.2. The van der Waals surface area contributed by atoms with E-state index in [4.69, 9.17) is 4.74 Å². The Balaban J connectivity index is 1.62. The third-order valence-electron chi connectivity index (χ3n) is 6.03. The quantitative estimate of drug-likeness (QED) is 0.518. The van der Waals surface area contributed by atoms with Crippen LogP contribution in [0.25, 0.3) is 10.2 Å². The number of piperidine rings is 1. The van der Waals surface area contributed by atoms with Gasteiger partial charge in [-0.3, -0.25) is 4.79 Å². The summed E-state index contributed by atoms with van der Waals surface area (Å²) in [6, 6.07) is 11.9. The van der Waals surface area contributed by atoms with Crippen LogP contribution < -0.4 is 9.54 Å². The third kappa shape index (κ3) is 4.62. The highest BCUT2D eigenvalue weighted by Gasteiger charge is 2.32. The second kappa shape index (κ2) is 9.79. The maximum Gasteiger partial charge on any atom is 0.279 e. The van der Waals surface area contributed by atoms with E-state index in [1.165, 1.54) is 23.5 Å². The van der Waals surface area contributed by atoms with Gasteiger partial charge in [0.05, 0.1) is 16.2 Å². The molecule has 1 atom stereocenters. The first-order valence-corrected chi connectivity index (χ1v) is 13.5. The van der Waals surface area contributed by atoms with Gasteiger partial charge < -0.3 is 9.30 Å². The number of hydrogen-bond donors (Lipinski definition) is 0. The lowest BCUT2D eigenvalue weighted by Crippen LogP contribution is -2.43. The number of aryl methyl sites for hydroxylation is 1. The van der Waals surface area contributed by atoms with Crippen molar-refractivity contribution in [3.05, 3.63) is 52.8 Å². The molecule has 1 aliphatic heterocycles. The zero-order chi connectivity index (χ0) is 23.6. The monoisotopic (exact) mass is 487 g/mol. The third-order valence-corrected chi connectivity index (χ3v) is 9.10. The zero-order valence-corrected chi connectivity index (χ0v) is 20.8. The lowest BCUT2D eigenvalue weighted by atomic mass is 10.0. The molecule has 9 heteroatoms. The number of carbonyl (C=O) groups excluding carboxylic acids is 1. The van der Waals surface area contributed by atoms with Crippen LogP contribution in [0, 0.1) is 0 Å². The van der Waals surface area contributed by atoms with Gasteiger partial charge in [0.2, 0.25) is 10.0 Å². The van der Waals surface area contributed by atoms with Gasteiger partial charge in [-0.05, 0) is 62.6 Å². The first-order valence-electron chi connectivity index (χ1n) is 11.3. The van der Waals surface area contributed by atoms with Gasteiger partial charge in [0.25, 0.3) is 5.91 Å². The van der Waals surface area contributed by atoms with E-state index in [0.717, 1.165) is 41.6 Å². The van der Waals surface area contributed by atoms with Crippen LogP contribution in [0.3, 0.4) is 0 Å². The van der Waals surface area contributed by atoms with E-state index < -0.39 is 15.9 Å². The van der Waals surface area contributed by atoms with E-state index >= 15 is 0 Å². The summed E-state index contributed by atoms with van der Waals surface area (Å²) in [5.41, 5.74) is 1.24. The minimum absolute atomic E-state index is 0.0367. The summed E-state index contributed by atoms with van der Waals surface area (Å²) in [4.78, 5) is 17.9. The number of benzene rings is 2. The first kappa shape index (κ1) is 23.7. The molecule has 1 amide bonds. The van der Waals surface area contributed by atoms with Crippen molar-refractivity contribution in [1.82, 2.24) is 8.87 Å². The molecule has 0 N–H and O–H groups in total. The van der Waals surface area contributed by atoms with Crippen molar-refractivity contribution in [2.45, 2.75) is 50.5 Å². The molecule has 1 fully saturated rings. The average molecular weight is 488 g/mol. The molecular weight excluding hydrogens is 458 g/mol. The van der Waals surface area contributed by atoms with E-state index in [0.29, 0.717) is 23.5 Å². The summed E-state index contributed by atoms with van der Waals surface area (Å²) < 4.78 is 36.5. The fraction of sp³-hybridized carbons (Fsp3) is 0.417. The van der Waals surface area contributed by atoms with Gasteiger partial charge in [-0.2, -0.15) is 9.30 Å². The van der Waals surface area contributed by atoms with Gasteiger partial charge in [-0.15, -0.1) is 0 Å². The molecule has 176 valence electrons. The van der Waals surface area contributed by atoms with Gasteiger partial charge in [0.1, 0.15) is 11.3 Å². The number of hydrogen-bond acceptors (Lipinski definition) is 5. The molecule has 1 aliphatic rings. The van der Waals surface area contributed by atoms with Crippen molar-refractivity contribution in [2.75, 3.05) is 13.2 Å². The maximum atomic E-state index is 13.2. The van der Waals surface area contributed by atoms with Crippen molar-refractivity contribution in [2.24, 2.45) is 12.0 Å². The molecule has 2 heterocycles. The average Bonchev–Trinajstić information content (AvgIpc) is 3.15. The van der Waals surface area contributed by atoms with Crippen LogP contribution in [0.4, 0.5) is 0 Å². The van der Waals surface area contributed by atoms with Crippen LogP contribution in [0.2, 0.25) is 0 Å². The second-order valence-corrected chi connectivity index (χ2v) is 11.0. The predicted molar refractivity (Wildman–Crippen MR) is 130 cm³/mol. The SMILES string of the molecule is CCOc1cccc2sc(=NC(=O)c3ccc(S(=O)(=O)N4CCCCC4CC)cc3)n(C)c12. The van der Waals surface area contributed by atoms with Crippen LogP contribution in [0.1, 0.15) is 49.9 Å². The summed E-state index contributed by atoms with van der Waals surface area (Å²) in [7, 11) is -1.73. The maximum absolute atomic E-state index is 13.2. The summed E-state index contributed by atoms with van der Waals surface area (Å²) in [6.45, 7) is 5.04.